The molecule has 1 aliphatic carbocycles. The largest absolute Gasteiger partial charge is 0.486 e. The Kier molecular flexibility index (Phi) is 5.69. The summed E-state index contributed by atoms with van der Waals surface area (Å²) in [6, 6.07) is 7.91. The number of rotatable bonds is 6. The smallest absolute Gasteiger partial charge is 0.315 e. The van der Waals surface area contributed by atoms with Crippen LogP contribution in [-0.2, 0) is 4.79 Å². The van der Waals surface area contributed by atoms with E-state index in [1.54, 1.807) is 0 Å². The highest BCUT2D eigenvalue weighted by Crippen LogP contribution is 2.43. The van der Waals surface area contributed by atoms with Crippen molar-refractivity contribution in [3.8, 4) is 11.5 Å². The minimum atomic E-state index is -1.06. The monoisotopic (exact) mass is 417 g/mol. The molecule has 3 amide bonds. The van der Waals surface area contributed by atoms with E-state index in [0.717, 1.165) is 30.5 Å². The fourth-order valence-corrected chi connectivity index (χ4v) is 3.29. The van der Waals surface area contributed by atoms with E-state index < -0.39 is 23.6 Å². The lowest BCUT2D eigenvalue weighted by atomic mass is 10.0. The third kappa shape index (κ3) is 4.79. The van der Waals surface area contributed by atoms with Crippen molar-refractivity contribution in [1.29, 1.82) is 0 Å². The van der Waals surface area contributed by atoms with Gasteiger partial charge in [-0.1, -0.05) is 6.07 Å². The van der Waals surface area contributed by atoms with Crippen molar-refractivity contribution in [3.63, 3.8) is 0 Å². The second-order valence-corrected chi connectivity index (χ2v) is 7.22. The zero-order valence-electron chi connectivity index (χ0n) is 16.0. The first kappa shape index (κ1) is 19.9. The summed E-state index contributed by atoms with van der Waals surface area (Å²) in [5, 5.41) is 7.79. The topological polar surface area (TPSA) is 88.7 Å². The van der Waals surface area contributed by atoms with Gasteiger partial charge in [-0.25, -0.2) is 13.6 Å². The van der Waals surface area contributed by atoms with Gasteiger partial charge in [-0.2, -0.15) is 0 Å². The number of carbonyl (C=O) groups excluding carboxylic acids is 2. The number of nitrogens with one attached hydrogen (secondary N) is 3. The fourth-order valence-electron chi connectivity index (χ4n) is 3.29. The molecule has 0 saturated heterocycles. The minimum Gasteiger partial charge on any atom is -0.486 e. The summed E-state index contributed by atoms with van der Waals surface area (Å²) in [4.78, 5) is 24.3. The number of hydrogen-bond donors (Lipinski definition) is 3. The Morgan fingerprint density at radius 2 is 1.77 bits per heavy atom. The minimum absolute atomic E-state index is 0.105. The Balaban J connectivity index is 1.32. The molecular weight excluding hydrogens is 396 g/mol. The summed E-state index contributed by atoms with van der Waals surface area (Å²) < 4.78 is 37.3. The number of benzene rings is 2. The third-order valence-electron chi connectivity index (χ3n) is 4.92. The standard InChI is InChI=1S/C21H21F2N3O4/c22-15-5-4-14(10-16(15)23)25-19(27)11-24-21(28)26-20(12-1-2-12)13-3-6-17-18(9-13)30-8-7-29-17/h3-6,9-10,12,20H,1-2,7-8,11H2,(H,25,27)(H2,24,26,28). The highest BCUT2D eigenvalue weighted by atomic mass is 19.2. The number of ether oxygens (including phenoxy) is 2. The van der Waals surface area contributed by atoms with Crippen molar-refractivity contribution in [3.05, 3.63) is 53.6 Å². The lowest BCUT2D eigenvalue weighted by molar-refractivity contribution is -0.115. The molecule has 1 unspecified atom stereocenters. The van der Waals surface area contributed by atoms with Crippen LogP contribution in [0.15, 0.2) is 36.4 Å². The molecule has 2 aromatic rings. The first-order valence-corrected chi connectivity index (χ1v) is 9.68. The Morgan fingerprint density at radius 3 is 2.50 bits per heavy atom. The molecule has 0 bridgehead atoms. The maximum absolute atomic E-state index is 13.2. The number of fused-ring (bicyclic) bond motifs is 1. The molecular formula is C21H21F2N3O4. The van der Waals surface area contributed by atoms with E-state index >= 15 is 0 Å². The number of carbonyl (C=O) groups is 2. The summed E-state index contributed by atoms with van der Waals surface area (Å²) >= 11 is 0. The van der Waals surface area contributed by atoms with E-state index in [-0.39, 0.29) is 18.3 Å². The van der Waals surface area contributed by atoms with Gasteiger partial charge in [0.05, 0.1) is 12.6 Å². The first-order chi connectivity index (χ1) is 14.5. The van der Waals surface area contributed by atoms with Crippen molar-refractivity contribution in [2.45, 2.75) is 18.9 Å². The van der Waals surface area contributed by atoms with Crippen LogP contribution >= 0.6 is 0 Å². The quantitative estimate of drug-likeness (QED) is 0.674. The van der Waals surface area contributed by atoms with Crippen molar-refractivity contribution >= 4 is 17.6 Å². The van der Waals surface area contributed by atoms with Crippen LogP contribution in [0.1, 0.15) is 24.4 Å². The van der Waals surface area contributed by atoms with Gasteiger partial charge in [0.1, 0.15) is 13.2 Å². The van der Waals surface area contributed by atoms with E-state index in [2.05, 4.69) is 16.0 Å². The van der Waals surface area contributed by atoms with E-state index in [0.29, 0.717) is 30.6 Å². The third-order valence-corrected chi connectivity index (χ3v) is 4.92. The zero-order valence-corrected chi connectivity index (χ0v) is 16.0. The number of halogens is 2. The molecule has 2 aromatic carbocycles. The van der Waals surface area contributed by atoms with Gasteiger partial charge < -0.3 is 25.4 Å². The molecule has 1 heterocycles. The van der Waals surface area contributed by atoms with Crippen LogP contribution < -0.4 is 25.4 Å². The Labute approximate surface area is 171 Å². The van der Waals surface area contributed by atoms with E-state index in [1.165, 1.54) is 6.07 Å². The highest BCUT2D eigenvalue weighted by Gasteiger charge is 2.34. The van der Waals surface area contributed by atoms with Gasteiger partial charge in [0.15, 0.2) is 23.1 Å². The summed E-state index contributed by atoms with van der Waals surface area (Å²) in [7, 11) is 0. The summed E-state index contributed by atoms with van der Waals surface area (Å²) in [5.74, 6) is -0.982. The highest BCUT2D eigenvalue weighted by molar-refractivity contribution is 5.94. The van der Waals surface area contributed by atoms with Gasteiger partial charge in [-0.15, -0.1) is 0 Å². The molecule has 1 aliphatic heterocycles. The average Bonchev–Trinajstić information content (AvgIpc) is 3.58. The zero-order chi connectivity index (χ0) is 21.1. The van der Waals surface area contributed by atoms with Crippen LogP contribution in [0.4, 0.5) is 19.3 Å². The lowest BCUT2D eigenvalue weighted by Gasteiger charge is -2.23. The van der Waals surface area contributed by atoms with Crippen molar-refractivity contribution in [1.82, 2.24) is 10.6 Å². The molecule has 9 heteroatoms. The number of urea groups is 1. The molecule has 1 atom stereocenters. The maximum atomic E-state index is 13.2. The fraction of sp³-hybridized carbons (Fsp3) is 0.333. The van der Waals surface area contributed by atoms with Gasteiger partial charge in [-0.3, -0.25) is 4.79 Å². The van der Waals surface area contributed by atoms with Crippen molar-refractivity contribution in [2.75, 3.05) is 25.1 Å². The molecule has 158 valence electrons. The van der Waals surface area contributed by atoms with Crippen LogP contribution in [0.25, 0.3) is 0 Å². The molecule has 4 rings (SSSR count). The summed E-state index contributed by atoms with van der Waals surface area (Å²) in [5.41, 5.74) is 1.01. The van der Waals surface area contributed by atoms with Crippen LogP contribution in [0.2, 0.25) is 0 Å². The molecule has 0 radical (unpaired) electrons. The molecule has 0 aromatic heterocycles. The normalized spacial score (nSPS) is 15.8. The SMILES string of the molecule is O=C(CNC(=O)NC(c1ccc2c(c1)OCCO2)C1CC1)Nc1ccc(F)c(F)c1. The average molecular weight is 417 g/mol. The van der Waals surface area contributed by atoms with Crippen molar-refractivity contribution < 1.29 is 27.8 Å². The lowest BCUT2D eigenvalue weighted by Crippen LogP contribution is -2.42. The second-order valence-electron chi connectivity index (χ2n) is 7.22. The van der Waals surface area contributed by atoms with Gasteiger partial charge in [0.2, 0.25) is 5.91 Å². The van der Waals surface area contributed by atoms with Crippen molar-refractivity contribution in [2.24, 2.45) is 5.92 Å². The van der Waals surface area contributed by atoms with Gasteiger partial charge in [0.25, 0.3) is 0 Å². The molecule has 2 aliphatic rings. The molecule has 1 saturated carbocycles. The Morgan fingerprint density at radius 1 is 1.00 bits per heavy atom. The Hall–Kier alpha value is -3.36. The first-order valence-electron chi connectivity index (χ1n) is 9.68. The number of hydrogen-bond acceptors (Lipinski definition) is 4. The van der Waals surface area contributed by atoms with Crippen LogP contribution in [0.3, 0.4) is 0 Å². The Bertz CT molecular complexity index is 965. The molecule has 1 fully saturated rings. The van der Waals surface area contributed by atoms with E-state index in [1.807, 2.05) is 18.2 Å². The molecule has 7 nitrogen and oxygen atoms in total. The predicted molar refractivity (Wildman–Crippen MR) is 104 cm³/mol. The van der Waals surface area contributed by atoms with Crippen LogP contribution in [0, 0.1) is 17.6 Å². The number of anilines is 1. The van der Waals surface area contributed by atoms with Gasteiger partial charge >= 0.3 is 6.03 Å². The molecule has 0 spiro atoms. The molecule has 30 heavy (non-hydrogen) atoms. The summed E-state index contributed by atoms with van der Waals surface area (Å²) in [6.07, 6.45) is 1.99. The van der Waals surface area contributed by atoms with Crippen LogP contribution in [-0.4, -0.2) is 31.7 Å². The van der Waals surface area contributed by atoms with Gasteiger partial charge in [-0.05, 0) is 48.6 Å². The van der Waals surface area contributed by atoms with Gasteiger partial charge in [0, 0.05) is 11.8 Å². The second kappa shape index (κ2) is 8.56. The van der Waals surface area contributed by atoms with Crippen LogP contribution in [0.5, 0.6) is 11.5 Å². The van der Waals surface area contributed by atoms with E-state index in [4.69, 9.17) is 9.47 Å². The van der Waals surface area contributed by atoms with E-state index in [9.17, 15) is 18.4 Å². The molecule has 3 N–H and O–H groups in total. The maximum Gasteiger partial charge on any atom is 0.315 e. The predicted octanol–water partition coefficient (Wildman–Crippen LogP) is 3.13. The summed E-state index contributed by atoms with van der Waals surface area (Å²) in [6.45, 7) is 0.667. The number of amides is 3.